The van der Waals surface area contributed by atoms with Gasteiger partial charge in [0.15, 0.2) is 17.2 Å². The van der Waals surface area contributed by atoms with Crippen LogP contribution in [0.25, 0.3) is 10.9 Å². The minimum atomic E-state index is -1.40. The molecule has 0 spiro atoms. The highest BCUT2D eigenvalue weighted by atomic mass is 19.1. The number of ether oxygens (including phenoxy) is 4. The van der Waals surface area contributed by atoms with Crippen LogP contribution in [0.3, 0.4) is 0 Å². The molecule has 2 aliphatic heterocycles. The van der Waals surface area contributed by atoms with Gasteiger partial charge in [0.25, 0.3) is 0 Å². The number of para-hydroxylation sites is 2. The van der Waals surface area contributed by atoms with E-state index < -0.39 is 18.4 Å². The van der Waals surface area contributed by atoms with Crippen molar-refractivity contribution in [2.24, 2.45) is 0 Å². The third-order valence-corrected chi connectivity index (χ3v) is 7.37. The molecule has 2 aromatic carbocycles. The zero-order valence-corrected chi connectivity index (χ0v) is 22.3. The number of alkyl halides is 2. The van der Waals surface area contributed by atoms with Crippen LogP contribution in [0.5, 0.6) is 11.5 Å². The summed E-state index contributed by atoms with van der Waals surface area (Å²) in [7, 11) is 1.58. The molecule has 3 aromatic rings. The highest BCUT2D eigenvalue weighted by molar-refractivity contribution is 5.85. The number of halogens is 2. The van der Waals surface area contributed by atoms with Gasteiger partial charge >= 0.3 is 6.09 Å². The average molecular weight is 544 g/mol. The molecule has 0 aliphatic carbocycles. The molecular formula is C29H35F2N3O5. The maximum atomic E-state index is 15.5. The number of fused-ring (bicyclic) bond motifs is 3. The van der Waals surface area contributed by atoms with E-state index in [-0.39, 0.29) is 58.0 Å². The van der Waals surface area contributed by atoms with Gasteiger partial charge < -0.3 is 29.2 Å². The number of amides is 1. The fourth-order valence-electron chi connectivity index (χ4n) is 5.50. The first-order valence-corrected chi connectivity index (χ1v) is 13.3. The van der Waals surface area contributed by atoms with Gasteiger partial charge in [-0.15, -0.1) is 0 Å². The second-order valence-corrected chi connectivity index (χ2v) is 10.2. The molecule has 10 heteroatoms. The Morgan fingerprint density at radius 3 is 2.77 bits per heavy atom. The second kappa shape index (κ2) is 11.8. The Bertz CT molecular complexity index is 1300. The van der Waals surface area contributed by atoms with E-state index in [1.807, 2.05) is 24.3 Å². The third kappa shape index (κ3) is 5.67. The number of nitrogens with zero attached hydrogens (tertiary/aromatic N) is 1. The average Bonchev–Trinajstić information content (AvgIpc) is 3.28. The van der Waals surface area contributed by atoms with E-state index >= 15 is 4.39 Å². The summed E-state index contributed by atoms with van der Waals surface area (Å²) < 4.78 is 49.9. The van der Waals surface area contributed by atoms with Crippen molar-refractivity contribution in [2.45, 2.75) is 37.5 Å². The van der Waals surface area contributed by atoms with E-state index in [1.54, 1.807) is 13.2 Å². The van der Waals surface area contributed by atoms with E-state index in [0.29, 0.717) is 11.5 Å². The lowest BCUT2D eigenvalue weighted by atomic mass is 9.86. The fourth-order valence-corrected chi connectivity index (χ4v) is 5.50. The van der Waals surface area contributed by atoms with E-state index in [4.69, 9.17) is 18.9 Å². The fraction of sp³-hybridized carbons (Fsp3) is 0.483. The number of carbonyl (C=O) groups excluding carboxylic acids is 1. The summed E-state index contributed by atoms with van der Waals surface area (Å²) in [6, 6.07) is 13.6. The Balaban J connectivity index is 1.43. The summed E-state index contributed by atoms with van der Waals surface area (Å²) in [5, 5.41) is 3.65. The monoisotopic (exact) mass is 543 g/mol. The lowest BCUT2D eigenvalue weighted by Gasteiger charge is -2.46. The largest absolute Gasteiger partial charge is 0.492 e. The molecule has 2 atom stereocenters. The third-order valence-electron chi connectivity index (χ3n) is 7.37. The molecule has 0 saturated carbocycles. The number of aromatic nitrogens is 1. The molecule has 8 nitrogen and oxygen atoms in total. The van der Waals surface area contributed by atoms with Crippen LogP contribution in [0.4, 0.5) is 13.6 Å². The number of hydrogen-bond acceptors (Lipinski definition) is 6. The molecule has 3 heterocycles. The number of methoxy groups -OCH3 is 1. The van der Waals surface area contributed by atoms with E-state index in [2.05, 4.69) is 34.3 Å². The summed E-state index contributed by atoms with van der Waals surface area (Å²) in [6.45, 7) is 2.35. The highest BCUT2D eigenvalue weighted by Crippen LogP contribution is 2.46. The van der Waals surface area contributed by atoms with Crippen molar-refractivity contribution in [3.05, 3.63) is 59.3 Å². The predicted molar refractivity (Wildman–Crippen MR) is 143 cm³/mol. The molecule has 1 fully saturated rings. The van der Waals surface area contributed by atoms with Crippen LogP contribution in [0.2, 0.25) is 0 Å². The molecule has 0 unspecified atom stereocenters. The van der Waals surface area contributed by atoms with Crippen LogP contribution < -0.4 is 14.8 Å². The lowest BCUT2D eigenvalue weighted by Crippen LogP contribution is -2.57. The molecule has 0 bridgehead atoms. The number of hydrogen-bond donors (Lipinski definition) is 2. The van der Waals surface area contributed by atoms with E-state index in [9.17, 15) is 9.18 Å². The minimum absolute atomic E-state index is 0.0119. The standard InChI is InChI=1S/C29H35F2N3O5/c1-19-15-22-20-7-3-4-9-23(20)33-25(22)26(34(19)16-29(31)17-37-18-29)21-8-5-10-24(27(21)36-2)38-13-14-39-28(35)32-12-6-11-30/h3-5,7-10,19,26,33H,6,11-18H2,1-2H3,(H,32,35)/t19-,26-/m1/s1. The van der Waals surface area contributed by atoms with Gasteiger partial charge in [-0.2, -0.15) is 0 Å². The minimum Gasteiger partial charge on any atom is -0.492 e. The van der Waals surface area contributed by atoms with Crippen molar-refractivity contribution >= 4 is 17.0 Å². The summed E-state index contributed by atoms with van der Waals surface area (Å²) >= 11 is 0. The number of H-pyrrole nitrogens is 1. The van der Waals surface area contributed by atoms with Crippen molar-refractivity contribution < 1.29 is 32.5 Å². The van der Waals surface area contributed by atoms with Crippen molar-refractivity contribution in [2.75, 3.05) is 53.3 Å². The second-order valence-electron chi connectivity index (χ2n) is 10.2. The Morgan fingerprint density at radius 1 is 1.21 bits per heavy atom. The van der Waals surface area contributed by atoms with E-state index in [1.165, 1.54) is 10.9 Å². The van der Waals surface area contributed by atoms with Gasteiger partial charge in [-0.1, -0.05) is 30.3 Å². The van der Waals surface area contributed by atoms with Gasteiger partial charge in [-0.25, -0.2) is 9.18 Å². The maximum absolute atomic E-state index is 15.5. The summed E-state index contributed by atoms with van der Waals surface area (Å²) in [5.41, 5.74) is 2.72. The molecule has 1 amide bonds. The zero-order chi connectivity index (χ0) is 27.4. The van der Waals surface area contributed by atoms with Crippen molar-refractivity contribution in [3.63, 3.8) is 0 Å². The summed E-state index contributed by atoms with van der Waals surface area (Å²) in [4.78, 5) is 17.5. The number of benzene rings is 2. The topological polar surface area (TPSA) is 85.1 Å². The Labute approximate surface area is 226 Å². The molecule has 39 heavy (non-hydrogen) atoms. The van der Waals surface area contributed by atoms with Gasteiger partial charge in [-0.3, -0.25) is 9.29 Å². The van der Waals surface area contributed by atoms with E-state index in [0.717, 1.165) is 23.2 Å². The van der Waals surface area contributed by atoms with Gasteiger partial charge in [0, 0.05) is 41.3 Å². The molecule has 1 aromatic heterocycles. The SMILES string of the molecule is COc1c(OCCOC(=O)NCCCF)cccc1[C@@H]1c2[nH]c3ccccc3c2C[C@@H](C)N1CC1(F)COC1. The number of carbonyl (C=O) groups is 1. The van der Waals surface area contributed by atoms with Crippen LogP contribution in [-0.2, 0) is 15.9 Å². The van der Waals surface area contributed by atoms with Gasteiger partial charge in [0.1, 0.15) is 13.2 Å². The number of rotatable bonds is 11. The highest BCUT2D eigenvalue weighted by Gasteiger charge is 2.46. The smallest absolute Gasteiger partial charge is 0.407 e. The van der Waals surface area contributed by atoms with Crippen LogP contribution in [0, 0.1) is 0 Å². The number of aromatic amines is 1. The zero-order valence-electron chi connectivity index (χ0n) is 22.3. The number of nitrogens with one attached hydrogen (secondary N) is 2. The Hall–Kier alpha value is -3.37. The maximum Gasteiger partial charge on any atom is 0.407 e. The van der Waals surface area contributed by atoms with Crippen molar-refractivity contribution in [3.8, 4) is 11.5 Å². The normalized spacial score (nSPS) is 20.2. The predicted octanol–water partition coefficient (Wildman–Crippen LogP) is 4.72. The molecule has 5 rings (SSSR count). The van der Waals surface area contributed by atoms with Crippen LogP contribution in [0.1, 0.15) is 36.2 Å². The summed E-state index contributed by atoms with van der Waals surface area (Å²) in [6.07, 6.45) is 0.405. The molecule has 0 radical (unpaired) electrons. The first-order chi connectivity index (χ1) is 18.9. The van der Waals surface area contributed by atoms with Gasteiger partial charge in [-0.05, 0) is 37.5 Å². The first-order valence-electron chi connectivity index (χ1n) is 13.3. The molecule has 2 N–H and O–H groups in total. The molecular weight excluding hydrogens is 508 g/mol. The Kier molecular flexibility index (Phi) is 8.23. The first kappa shape index (κ1) is 27.2. The van der Waals surface area contributed by atoms with Crippen LogP contribution in [0.15, 0.2) is 42.5 Å². The molecule has 1 saturated heterocycles. The Morgan fingerprint density at radius 2 is 2.03 bits per heavy atom. The van der Waals surface area contributed by atoms with Crippen molar-refractivity contribution in [1.82, 2.24) is 15.2 Å². The van der Waals surface area contributed by atoms with Crippen LogP contribution in [-0.4, -0.2) is 81.0 Å². The lowest BCUT2D eigenvalue weighted by molar-refractivity contribution is -0.147. The molecule has 2 aliphatic rings. The summed E-state index contributed by atoms with van der Waals surface area (Å²) in [5.74, 6) is 1.03. The van der Waals surface area contributed by atoms with Crippen LogP contribution >= 0.6 is 0 Å². The van der Waals surface area contributed by atoms with Gasteiger partial charge in [0.2, 0.25) is 0 Å². The number of alkyl carbamates (subject to hydrolysis) is 1. The van der Waals surface area contributed by atoms with Crippen molar-refractivity contribution in [1.29, 1.82) is 0 Å². The quantitative estimate of drug-likeness (QED) is 0.341. The van der Waals surface area contributed by atoms with Gasteiger partial charge in [0.05, 0.1) is 33.0 Å². The molecule has 210 valence electrons.